The highest BCUT2D eigenvalue weighted by Crippen LogP contribution is 2.32. The lowest BCUT2D eigenvalue weighted by molar-refractivity contribution is 0.454. The Morgan fingerprint density at radius 1 is 0.950 bits per heavy atom. The van der Waals surface area contributed by atoms with Crippen LogP contribution in [0.3, 0.4) is 0 Å². The van der Waals surface area contributed by atoms with E-state index >= 15 is 0 Å². The summed E-state index contributed by atoms with van der Waals surface area (Å²) in [6, 6.07) is 16.8. The zero-order chi connectivity index (χ0) is 14.4. The second-order valence-corrected chi connectivity index (χ2v) is 4.85. The molecule has 0 aliphatic heterocycles. The first-order valence-corrected chi connectivity index (χ1v) is 7.32. The molecule has 1 atom stereocenters. The van der Waals surface area contributed by atoms with Crippen LogP contribution >= 0.6 is 0 Å². The highest BCUT2D eigenvalue weighted by atomic mass is 16.5. The van der Waals surface area contributed by atoms with Crippen molar-refractivity contribution in [2.45, 2.75) is 32.7 Å². The molecule has 0 bridgehead atoms. The van der Waals surface area contributed by atoms with Crippen molar-refractivity contribution in [3.63, 3.8) is 0 Å². The molecular formula is C18H23NO. The molecule has 0 aromatic heterocycles. The summed E-state index contributed by atoms with van der Waals surface area (Å²) in [7, 11) is 1.99. The second kappa shape index (κ2) is 7.11. The van der Waals surface area contributed by atoms with Gasteiger partial charge in [-0.1, -0.05) is 50.2 Å². The Morgan fingerprint density at radius 3 is 2.25 bits per heavy atom. The molecule has 0 aliphatic rings. The van der Waals surface area contributed by atoms with E-state index in [9.17, 15) is 0 Å². The highest BCUT2D eigenvalue weighted by Gasteiger charge is 2.13. The molecule has 2 nitrogen and oxygen atoms in total. The van der Waals surface area contributed by atoms with Gasteiger partial charge in [0.2, 0.25) is 0 Å². The largest absolute Gasteiger partial charge is 0.457 e. The van der Waals surface area contributed by atoms with Crippen molar-refractivity contribution in [2.75, 3.05) is 7.05 Å². The monoisotopic (exact) mass is 269 g/mol. The van der Waals surface area contributed by atoms with Gasteiger partial charge >= 0.3 is 0 Å². The minimum absolute atomic E-state index is 0.319. The van der Waals surface area contributed by atoms with Gasteiger partial charge in [0.25, 0.3) is 0 Å². The first-order chi connectivity index (χ1) is 9.80. The molecule has 0 amide bonds. The number of ether oxygens (including phenoxy) is 1. The topological polar surface area (TPSA) is 21.3 Å². The molecule has 0 radical (unpaired) electrons. The molecular weight excluding hydrogens is 246 g/mol. The van der Waals surface area contributed by atoms with Crippen LogP contribution in [0.1, 0.15) is 37.4 Å². The summed E-state index contributed by atoms with van der Waals surface area (Å²) >= 11 is 0. The molecule has 1 unspecified atom stereocenters. The van der Waals surface area contributed by atoms with E-state index in [4.69, 9.17) is 4.74 Å². The number of benzene rings is 2. The third-order valence-corrected chi connectivity index (χ3v) is 3.62. The van der Waals surface area contributed by atoms with Crippen molar-refractivity contribution in [2.24, 2.45) is 0 Å². The molecule has 106 valence electrons. The van der Waals surface area contributed by atoms with Crippen molar-refractivity contribution >= 4 is 0 Å². The van der Waals surface area contributed by atoms with Crippen LogP contribution in [0.2, 0.25) is 0 Å². The van der Waals surface area contributed by atoms with Crippen LogP contribution in [0.5, 0.6) is 11.5 Å². The predicted molar refractivity (Wildman–Crippen MR) is 84.4 cm³/mol. The van der Waals surface area contributed by atoms with E-state index in [1.165, 1.54) is 11.1 Å². The van der Waals surface area contributed by atoms with Crippen molar-refractivity contribution in [3.05, 3.63) is 59.7 Å². The highest BCUT2D eigenvalue weighted by molar-refractivity contribution is 5.42. The summed E-state index contributed by atoms with van der Waals surface area (Å²) in [5.74, 6) is 1.89. The van der Waals surface area contributed by atoms with E-state index in [1.807, 2.05) is 31.3 Å². The number of hydrogen-bond donors (Lipinski definition) is 1. The van der Waals surface area contributed by atoms with E-state index in [0.717, 1.165) is 24.3 Å². The average molecular weight is 269 g/mol. The summed E-state index contributed by atoms with van der Waals surface area (Å²) in [4.78, 5) is 0. The van der Waals surface area contributed by atoms with Crippen molar-refractivity contribution in [3.8, 4) is 11.5 Å². The third kappa shape index (κ3) is 3.20. The lowest BCUT2D eigenvalue weighted by atomic mass is 10.0. The fourth-order valence-electron chi connectivity index (χ4n) is 2.45. The van der Waals surface area contributed by atoms with Crippen LogP contribution in [0.15, 0.2) is 48.5 Å². The van der Waals surface area contributed by atoms with Gasteiger partial charge in [0, 0.05) is 11.6 Å². The molecule has 0 saturated heterocycles. The van der Waals surface area contributed by atoms with E-state index in [-0.39, 0.29) is 0 Å². The van der Waals surface area contributed by atoms with Gasteiger partial charge in [0.1, 0.15) is 11.5 Å². The van der Waals surface area contributed by atoms with Gasteiger partial charge in [-0.15, -0.1) is 0 Å². The van der Waals surface area contributed by atoms with Crippen LogP contribution in [-0.4, -0.2) is 7.05 Å². The first-order valence-electron chi connectivity index (χ1n) is 7.32. The summed E-state index contributed by atoms with van der Waals surface area (Å²) < 4.78 is 6.18. The van der Waals surface area contributed by atoms with Crippen LogP contribution in [0, 0.1) is 0 Å². The second-order valence-electron chi connectivity index (χ2n) is 4.85. The molecule has 20 heavy (non-hydrogen) atoms. The van der Waals surface area contributed by atoms with Crippen LogP contribution < -0.4 is 10.1 Å². The molecule has 0 heterocycles. The van der Waals surface area contributed by atoms with Crippen molar-refractivity contribution < 1.29 is 4.74 Å². The zero-order valence-corrected chi connectivity index (χ0v) is 12.5. The van der Waals surface area contributed by atoms with E-state index in [2.05, 4.69) is 43.4 Å². The number of rotatable bonds is 6. The average Bonchev–Trinajstić information content (AvgIpc) is 2.50. The lowest BCUT2D eigenvalue weighted by Gasteiger charge is -2.19. The van der Waals surface area contributed by atoms with Gasteiger partial charge in [-0.3, -0.25) is 0 Å². The SMILES string of the molecule is CCc1ccccc1Oc1ccccc1C(CC)NC. The van der Waals surface area contributed by atoms with Gasteiger partial charge in [-0.2, -0.15) is 0 Å². The molecule has 0 aliphatic carbocycles. The molecule has 0 saturated carbocycles. The van der Waals surface area contributed by atoms with E-state index in [1.54, 1.807) is 0 Å². The zero-order valence-electron chi connectivity index (χ0n) is 12.5. The Kier molecular flexibility index (Phi) is 5.19. The number of aryl methyl sites for hydroxylation is 1. The van der Waals surface area contributed by atoms with Gasteiger partial charge in [-0.05, 0) is 37.6 Å². The summed E-state index contributed by atoms with van der Waals surface area (Å²) in [6.45, 7) is 4.33. The minimum atomic E-state index is 0.319. The first kappa shape index (κ1) is 14.6. The molecule has 2 rings (SSSR count). The Labute approximate surface area is 121 Å². The third-order valence-electron chi connectivity index (χ3n) is 3.62. The number of nitrogens with one attached hydrogen (secondary N) is 1. The molecule has 0 spiro atoms. The van der Waals surface area contributed by atoms with Gasteiger partial charge in [0.05, 0.1) is 0 Å². The fourth-order valence-corrected chi connectivity index (χ4v) is 2.45. The standard InChI is InChI=1S/C18H23NO/c1-4-14-10-6-8-12-17(14)20-18-13-9-7-11-15(18)16(5-2)19-3/h6-13,16,19H,4-5H2,1-3H3. The number of hydrogen-bond acceptors (Lipinski definition) is 2. The van der Waals surface area contributed by atoms with Crippen LogP contribution in [0.25, 0.3) is 0 Å². The van der Waals surface area contributed by atoms with E-state index < -0.39 is 0 Å². The normalized spacial score (nSPS) is 12.2. The smallest absolute Gasteiger partial charge is 0.132 e. The molecule has 2 heteroatoms. The molecule has 1 N–H and O–H groups in total. The van der Waals surface area contributed by atoms with E-state index in [0.29, 0.717) is 6.04 Å². The minimum Gasteiger partial charge on any atom is -0.457 e. The fraction of sp³-hybridized carbons (Fsp3) is 0.333. The van der Waals surface area contributed by atoms with Crippen molar-refractivity contribution in [1.82, 2.24) is 5.32 Å². The molecule has 0 fully saturated rings. The van der Waals surface area contributed by atoms with Gasteiger partial charge in [0.15, 0.2) is 0 Å². The predicted octanol–water partition coefficient (Wildman–Crippen LogP) is 4.71. The molecule has 2 aromatic rings. The Bertz CT molecular complexity index is 547. The summed E-state index contributed by atoms with van der Waals surface area (Å²) in [5, 5.41) is 3.34. The lowest BCUT2D eigenvalue weighted by Crippen LogP contribution is -2.15. The maximum Gasteiger partial charge on any atom is 0.132 e. The Morgan fingerprint density at radius 2 is 1.60 bits per heavy atom. The Balaban J connectivity index is 2.34. The van der Waals surface area contributed by atoms with Gasteiger partial charge in [-0.25, -0.2) is 0 Å². The van der Waals surface area contributed by atoms with Crippen LogP contribution in [-0.2, 0) is 6.42 Å². The number of para-hydroxylation sites is 2. The summed E-state index contributed by atoms with van der Waals surface area (Å²) in [6.07, 6.45) is 2.01. The van der Waals surface area contributed by atoms with Crippen molar-refractivity contribution in [1.29, 1.82) is 0 Å². The quantitative estimate of drug-likeness (QED) is 0.820. The Hall–Kier alpha value is -1.80. The molecule has 2 aromatic carbocycles. The summed E-state index contributed by atoms with van der Waals surface area (Å²) in [5.41, 5.74) is 2.45. The van der Waals surface area contributed by atoms with Crippen LogP contribution in [0.4, 0.5) is 0 Å². The maximum absolute atomic E-state index is 6.18. The van der Waals surface area contributed by atoms with Gasteiger partial charge < -0.3 is 10.1 Å². The maximum atomic E-state index is 6.18.